The fourth-order valence-electron chi connectivity index (χ4n) is 3.89. The standard InChI is InChI=1S/C26H20F3N5O3/c1-15-6-5-7-16(12-15)14-36-25-19(13-18-22(26(27,28)29)32-34(2)24(18)31-25)23-30-20(10-11-37-33-23)17-8-3-4-9-21(17)35/h3-13,35H,14H2,1-2H3. The van der Waals surface area contributed by atoms with Crippen molar-refractivity contribution < 1.29 is 27.9 Å². The zero-order valence-electron chi connectivity index (χ0n) is 19.7. The smallest absolute Gasteiger partial charge is 0.435 e. The SMILES string of the molecule is Cc1cccc(COc2nc3c(cc2C2=NOC=CC(c4ccccc4O)=N2)c(C(F)(F)F)nn3C)c1. The summed E-state index contributed by atoms with van der Waals surface area (Å²) < 4.78 is 48.3. The van der Waals surface area contributed by atoms with E-state index in [1.807, 2.05) is 31.2 Å². The van der Waals surface area contributed by atoms with E-state index in [1.165, 1.54) is 31.5 Å². The van der Waals surface area contributed by atoms with Crippen molar-refractivity contribution >= 4 is 22.6 Å². The van der Waals surface area contributed by atoms with Crippen molar-refractivity contribution in [3.05, 3.63) is 94.9 Å². The van der Waals surface area contributed by atoms with Crippen molar-refractivity contribution in [2.75, 3.05) is 0 Å². The van der Waals surface area contributed by atoms with Gasteiger partial charge in [0.2, 0.25) is 11.7 Å². The molecule has 0 fully saturated rings. The van der Waals surface area contributed by atoms with Crippen molar-refractivity contribution in [1.82, 2.24) is 14.8 Å². The van der Waals surface area contributed by atoms with Crippen LogP contribution in [0.15, 0.2) is 77.1 Å². The lowest BCUT2D eigenvalue weighted by Crippen LogP contribution is -2.10. The highest BCUT2D eigenvalue weighted by Crippen LogP contribution is 2.36. The van der Waals surface area contributed by atoms with E-state index in [2.05, 4.69) is 20.2 Å². The molecule has 0 saturated carbocycles. The first-order valence-electron chi connectivity index (χ1n) is 11.1. The van der Waals surface area contributed by atoms with Crippen LogP contribution in [0.5, 0.6) is 11.6 Å². The molecule has 0 amide bonds. The summed E-state index contributed by atoms with van der Waals surface area (Å²) in [5, 5.41) is 17.7. The van der Waals surface area contributed by atoms with Crippen molar-refractivity contribution in [2.45, 2.75) is 19.7 Å². The summed E-state index contributed by atoms with van der Waals surface area (Å²) >= 11 is 0. The van der Waals surface area contributed by atoms with Gasteiger partial charge in [-0.1, -0.05) is 47.1 Å². The lowest BCUT2D eigenvalue weighted by molar-refractivity contribution is -0.140. The van der Waals surface area contributed by atoms with Gasteiger partial charge in [0.15, 0.2) is 11.3 Å². The number of fused-ring (bicyclic) bond motifs is 1. The van der Waals surface area contributed by atoms with E-state index in [-0.39, 0.29) is 46.4 Å². The van der Waals surface area contributed by atoms with E-state index in [0.717, 1.165) is 15.8 Å². The van der Waals surface area contributed by atoms with Crippen LogP contribution in [-0.2, 0) is 24.7 Å². The molecule has 0 radical (unpaired) electrons. The number of phenolic OH excluding ortho intramolecular Hbond substituents is 1. The van der Waals surface area contributed by atoms with Crippen molar-refractivity contribution in [3.63, 3.8) is 0 Å². The first kappa shape index (κ1) is 24.0. The van der Waals surface area contributed by atoms with Gasteiger partial charge in [-0.3, -0.25) is 0 Å². The van der Waals surface area contributed by atoms with E-state index in [0.29, 0.717) is 5.56 Å². The Kier molecular flexibility index (Phi) is 6.12. The number of halogens is 3. The number of phenols is 1. The number of nitrogens with zero attached hydrogens (tertiary/aromatic N) is 5. The Bertz CT molecular complexity index is 1590. The maximum atomic E-state index is 13.8. The summed E-state index contributed by atoms with van der Waals surface area (Å²) in [6.45, 7) is 2.03. The number of hydrogen-bond acceptors (Lipinski definition) is 7. The van der Waals surface area contributed by atoms with E-state index >= 15 is 0 Å². The number of allylic oxidation sites excluding steroid dienone is 1. The van der Waals surface area contributed by atoms with Crippen LogP contribution in [0.1, 0.15) is 27.9 Å². The van der Waals surface area contributed by atoms with E-state index in [1.54, 1.807) is 18.2 Å². The van der Waals surface area contributed by atoms with Gasteiger partial charge in [-0.2, -0.15) is 23.3 Å². The number of aromatic nitrogens is 3. The van der Waals surface area contributed by atoms with Crippen molar-refractivity contribution in [1.29, 1.82) is 0 Å². The Morgan fingerprint density at radius 2 is 1.86 bits per heavy atom. The van der Waals surface area contributed by atoms with Crippen molar-refractivity contribution in [2.24, 2.45) is 17.2 Å². The zero-order valence-corrected chi connectivity index (χ0v) is 19.7. The summed E-state index contributed by atoms with van der Waals surface area (Å²) in [5.41, 5.74) is 1.47. The predicted molar refractivity (Wildman–Crippen MR) is 130 cm³/mol. The molecule has 11 heteroatoms. The second-order valence-electron chi connectivity index (χ2n) is 8.30. The minimum atomic E-state index is -4.71. The van der Waals surface area contributed by atoms with Crippen LogP contribution in [0.25, 0.3) is 11.0 Å². The van der Waals surface area contributed by atoms with Crippen LogP contribution in [0, 0.1) is 6.92 Å². The Morgan fingerprint density at radius 3 is 2.62 bits per heavy atom. The Balaban J connectivity index is 1.66. The number of benzene rings is 2. The minimum Gasteiger partial charge on any atom is -0.507 e. The third kappa shape index (κ3) is 4.88. The van der Waals surface area contributed by atoms with Gasteiger partial charge in [0.25, 0.3) is 0 Å². The monoisotopic (exact) mass is 507 g/mol. The number of aryl methyl sites for hydroxylation is 2. The van der Waals surface area contributed by atoms with Crippen LogP contribution >= 0.6 is 0 Å². The molecule has 1 aliphatic rings. The minimum absolute atomic E-state index is 0.00429. The number of ether oxygens (including phenoxy) is 1. The molecule has 2 aromatic heterocycles. The molecular formula is C26H20F3N5O3. The van der Waals surface area contributed by atoms with Gasteiger partial charge < -0.3 is 14.7 Å². The maximum absolute atomic E-state index is 13.8. The molecule has 2 aromatic carbocycles. The zero-order chi connectivity index (χ0) is 26.2. The van der Waals surface area contributed by atoms with Gasteiger partial charge in [0.05, 0.1) is 16.7 Å². The number of aliphatic imine (C=N–C) groups is 1. The third-order valence-electron chi connectivity index (χ3n) is 5.58. The molecule has 0 unspecified atom stereocenters. The summed E-state index contributed by atoms with van der Waals surface area (Å²) in [6, 6.07) is 15.3. The highest BCUT2D eigenvalue weighted by atomic mass is 19.4. The van der Waals surface area contributed by atoms with Crippen LogP contribution in [0.4, 0.5) is 13.2 Å². The molecule has 0 aliphatic carbocycles. The normalized spacial score (nSPS) is 13.6. The molecule has 8 nitrogen and oxygen atoms in total. The van der Waals surface area contributed by atoms with Crippen LogP contribution in [-0.4, -0.2) is 31.4 Å². The van der Waals surface area contributed by atoms with Gasteiger partial charge in [0, 0.05) is 18.7 Å². The van der Waals surface area contributed by atoms with E-state index in [9.17, 15) is 18.3 Å². The number of para-hydroxylation sites is 1. The largest absolute Gasteiger partial charge is 0.507 e. The number of rotatable bonds is 5. The number of amidine groups is 1. The van der Waals surface area contributed by atoms with Gasteiger partial charge in [-0.15, -0.1) is 0 Å². The average molecular weight is 507 g/mol. The highest BCUT2D eigenvalue weighted by Gasteiger charge is 2.37. The average Bonchev–Trinajstić information content (AvgIpc) is 3.02. The molecule has 0 saturated heterocycles. The molecule has 0 atom stereocenters. The Labute approximate surface area is 209 Å². The molecule has 5 rings (SSSR count). The van der Waals surface area contributed by atoms with Gasteiger partial charge in [-0.05, 0) is 30.7 Å². The molecule has 37 heavy (non-hydrogen) atoms. The fourth-order valence-corrected chi connectivity index (χ4v) is 3.89. The quantitative estimate of drug-likeness (QED) is 0.397. The molecule has 1 aliphatic heterocycles. The first-order chi connectivity index (χ1) is 17.7. The molecule has 4 aromatic rings. The summed E-state index contributed by atoms with van der Waals surface area (Å²) in [4.78, 5) is 14.0. The fraction of sp³-hybridized carbons (Fsp3) is 0.154. The first-order valence-corrected chi connectivity index (χ1v) is 11.1. The van der Waals surface area contributed by atoms with Crippen LogP contribution in [0.2, 0.25) is 0 Å². The number of oxime groups is 1. The van der Waals surface area contributed by atoms with E-state index in [4.69, 9.17) is 9.57 Å². The number of aromatic hydroxyl groups is 1. The third-order valence-corrected chi connectivity index (χ3v) is 5.58. The summed E-state index contributed by atoms with van der Waals surface area (Å²) in [5.74, 6) is -0.132. The van der Waals surface area contributed by atoms with Gasteiger partial charge >= 0.3 is 6.18 Å². The molecular weight excluding hydrogens is 487 g/mol. The number of hydrogen-bond donors (Lipinski definition) is 1. The van der Waals surface area contributed by atoms with Gasteiger partial charge in [-0.25, -0.2) is 9.67 Å². The lowest BCUT2D eigenvalue weighted by atomic mass is 10.1. The topological polar surface area (TPSA) is 94.1 Å². The molecule has 1 N–H and O–H groups in total. The maximum Gasteiger partial charge on any atom is 0.435 e. The molecule has 0 spiro atoms. The number of alkyl halides is 3. The Hall–Kier alpha value is -4.67. The summed E-state index contributed by atoms with van der Waals surface area (Å²) in [6.07, 6.45) is -1.98. The predicted octanol–water partition coefficient (Wildman–Crippen LogP) is 5.27. The molecule has 0 bridgehead atoms. The second kappa shape index (κ2) is 9.41. The lowest BCUT2D eigenvalue weighted by Gasteiger charge is -2.12. The second-order valence-corrected chi connectivity index (χ2v) is 8.30. The number of pyridine rings is 1. The van der Waals surface area contributed by atoms with E-state index < -0.39 is 11.9 Å². The molecule has 3 heterocycles. The molecule has 188 valence electrons. The van der Waals surface area contributed by atoms with Crippen LogP contribution < -0.4 is 4.74 Å². The summed E-state index contributed by atoms with van der Waals surface area (Å²) in [7, 11) is 1.37. The highest BCUT2D eigenvalue weighted by molar-refractivity contribution is 6.19. The van der Waals surface area contributed by atoms with Gasteiger partial charge in [0.1, 0.15) is 18.6 Å². The Morgan fingerprint density at radius 1 is 1.05 bits per heavy atom. The van der Waals surface area contributed by atoms with Crippen molar-refractivity contribution in [3.8, 4) is 11.6 Å². The van der Waals surface area contributed by atoms with Crippen LogP contribution in [0.3, 0.4) is 0 Å².